The van der Waals surface area contributed by atoms with Crippen LogP contribution >= 0.6 is 11.6 Å². The molecule has 152 valence electrons. The first-order valence-electron chi connectivity index (χ1n) is 8.92. The van der Waals surface area contributed by atoms with Crippen LogP contribution in [0.5, 0.6) is 5.75 Å². The first-order valence-corrected chi connectivity index (χ1v) is 9.30. The molecule has 0 unspecified atom stereocenters. The molecule has 0 saturated heterocycles. The number of benzene rings is 3. The third-order valence-electron chi connectivity index (χ3n) is 4.37. The lowest BCUT2D eigenvalue weighted by atomic mass is 10.1. The molecule has 0 aliphatic heterocycles. The van der Waals surface area contributed by atoms with Crippen LogP contribution in [0.25, 0.3) is 11.0 Å². The number of rotatable bonds is 6. The van der Waals surface area contributed by atoms with Crippen molar-refractivity contribution in [1.29, 1.82) is 0 Å². The van der Waals surface area contributed by atoms with E-state index in [4.69, 9.17) is 11.6 Å². The van der Waals surface area contributed by atoms with Crippen LogP contribution in [0, 0.1) is 0 Å². The number of anilines is 1. The quantitative estimate of drug-likeness (QED) is 0.470. The molecule has 0 saturated carbocycles. The Kier molecular flexibility index (Phi) is 5.58. The van der Waals surface area contributed by atoms with Crippen LogP contribution in [0.3, 0.4) is 0 Å². The molecule has 0 spiro atoms. The largest absolute Gasteiger partial charge is 0.433 e. The smallest absolute Gasteiger partial charge is 0.387 e. The molecule has 0 bridgehead atoms. The predicted octanol–water partition coefficient (Wildman–Crippen LogP) is 4.99. The number of fused-ring (bicyclic) bond motifs is 1. The van der Waals surface area contributed by atoms with Gasteiger partial charge in [0.05, 0.1) is 17.1 Å². The van der Waals surface area contributed by atoms with Crippen molar-refractivity contribution < 1.29 is 18.3 Å². The molecule has 0 aliphatic carbocycles. The van der Waals surface area contributed by atoms with Crippen molar-refractivity contribution in [2.45, 2.75) is 13.2 Å². The number of amides is 1. The number of para-hydroxylation sites is 1. The van der Waals surface area contributed by atoms with Crippen LogP contribution in [0.4, 0.5) is 14.5 Å². The minimum absolute atomic E-state index is 0.0245. The number of nitrogens with one attached hydrogen (secondary N) is 1. The van der Waals surface area contributed by atoms with Crippen LogP contribution in [-0.2, 0) is 6.54 Å². The lowest BCUT2D eigenvalue weighted by Gasteiger charge is -2.10. The average Bonchev–Trinajstić information content (AvgIpc) is 3.13. The van der Waals surface area contributed by atoms with Gasteiger partial charge < -0.3 is 10.1 Å². The van der Waals surface area contributed by atoms with Crippen molar-refractivity contribution in [2.75, 3.05) is 5.32 Å². The molecule has 9 heteroatoms. The van der Waals surface area contributed by atoms with Crippen molar-refractivity contribution in [1.82, 2.24) is 15.0 Å². The van der Waals surface area contributed by atoms with Crippen molar-refractivity contribution in [3.05, 3.63) is 82.9 Å². The van der Waals surface area contributed by atoms with Gasteiger partial charge in [-0.25, -0.2) is 4.68 Å². The van der Waals surface area contributed by atoms with E-state index in [1.54, 1.807) is 16.8 Å². The molecule has 0 aliphatic rings. The Morgan fingerprint density at radius 2 is 1.87 bits per heavy atom. The van der Waals surface area contributed by atoms with Crippen molar-refractivity contribution in [2.24, 2.45) is 0 Å². The lowest BCUT2D eigenvalue weighted by molar-refractivity contribution is -0.0497. The maximum absolute atomic E-state index is 12.5. The Morgan fingerprint density at radius 3 is 2.60 bits per heavy atom. The fraction of sp³-hybridized carbons (Fsp3) is 0.0952. The van der Waals surface area contributed by atoms with Gasteiger partial charge in [0.15, 0.2) is 0 Å². The number of halogens is 3. The highest BCUT2D eigenvalue weighted by atomic mass is 35.5. The molecule has 1 amide bonds. The summed E-state index contributed by atoms with van der Waals surface area (Å²) in [5.41, 5.74) is 3.50. The molecule has 1 N–H and O–H groups in total. The Balaban J connectivity index is 1.43. The molecule has 4 aromatic rings. The van der Waals surface area contributed by atoms with Crippen molar-refractivity contribution >= 4 is 34.2 Å². The zero-order valence-electron chi connectivity index (χ0n) is 15.4. The van der Waals surface area contributed by atoms with Gasteiger partial charge in [0.1, 0.15) is 11.3 Å². The monoisotopic (exact) mass is 428 g/mol. The zero-order chi connectivity index (χ0) is 21.1. The van der Waals surface area contributed by atoms with E-state index in [0.717, 1.165) is 16.6 Å². The van der Waals surface area contributed by atoms with Gasteiger partial charge >= 0.3 is 6.61 Å². The number of carbonyl (C=O) groups is 1. The van der Waals surface area contributed by atoms with Gasteiger partial charge in [0.25, 0.3) is 5.91 Å². The third-order valence-corrected chi connectivity index (χ3v) is 4.67. The minimum Gasteiger partial charge on any atom is -0.433 e. The molecule has 0 fully saturated rings. The van der Waals surface area contributed by atoms with E-state index in [-0.39, 0.29) is 16.7 Å². The summed E-state index contributed by atoms with van der Waals surface area (Å²) < 4.78 is 30.7. The Labute approximate surface area is 175 Å². The van der Waals surface area contributed by atoms with Crippen LogP contribution in [0.2, 0.25) is 5.02 Å². The second-order valence-electron chi connectivity index (χ2n) is 6.41. The highest BCUT2D eigenvalue weighted by Crippen LogP contribution is 2.29. The van der Waals surface area contributed by atoms with Gasteiger partial charge in [-0.3, -0.25) is 4.79 Å². The van der Waals surface area contributed by atoms with Gasteiger partial charge in [0, 0.05) is 11.3 Å². The molecular formula is C21H15ClF2N4O2. The molecule has 1 heterocycles. The number of nitrogens with zero attached hydrogens (tertiary/aromatic N) is 3. The fourth-order valence-electron chi connectivity index (χ4n) is 2.94. The van der Waals surface area contributed by atoms with Gasteiger partial charge in [0.2, 0.25) is 0 Å². The highest BCUT2D eigenvalue weighted by Gasteiger charge is 2.12. The SMILES string of the molecule is O=C(Nc1ccc(OC(F)F)c(Cl)c1)c1ccc(Cn2nnc3ccccc32)cc1. The van der Waals surface area contributed by atoms with Crippen molar-refractivity contribution in [3.63, 3.8) is 0 Å². The van der Waals surface area contributed by atoms with E-state index in [9.17, 15) is 13.6 Å². The standard InChI is InChI=1S/C21H15ClF2N4O2/c22-16-11-15(9-10-19(16)30-21(23)24)25-20(29)14-7-5-13(6-8-14)12-28-18-4-2-1-3-17(18)26-27-28/h1-11,21H,12H2,(H,25,29). The second-order valence-corrected chi connectivity index (χ2v) is 6.82. The number of carbonyl (C=O) groups excluding carboxylic acids is 1. The Morgan fingerprint density at radius 1 is 1.10 bits per heavy atom. The van der Waals surface area contributed by atoms with Crippen LogP contribution in [0.1, 0.15) is 15.9 Å². The van der Waals surface area contributed by atoms with E-state index in [0.29, 0.717) is 17.8 Å². The van der Waals surface area contributed by atoms with Gasteiger partial charge in [-0.05, 0) is 48.0 Å². The molecule has 30 heavy (non-hydrogen) atoms. The van der Waals surface area contributed by atoms with E-state index < -0.39 is 6.61 Å². The van der Waals surface area contributed by atoms with Crippen LogP contribution < -0.4 is 10.1 Å². The van der Waals surface area contributed by atoms with Crippen LogP contribution in [-0.4, -0.2) is 27.5 Å². The summed E-state index contributed by atoms with van der Waals surface area (Å²) in [6.07, 6.45) is 0. The van der Waals surface area contributed by atoms with Crippen LogP contribution in [0.15, 0.2) is 66.7 Å². The summed E-state index contributed by atoms with van der Waals surface area (Å²) in [6.45, 7) is -2.46. The van der Waals surface area contributed by atoms with Crippen molar-refractivity contribution in [3.8, 4) is 5.75 Å². The highest BCUT2D eigenvalue weighted by molar-refractivity contribution is 6.32. The predicted molar refractivity (Wildman–Crippen MR) is 109 cm³/mol. The number of alkyl halides is 2. The van der Waals surface area contributed by atoms with Gasteiger partial charge in [-0.15, -0.1) is 5.10 Å². The van der Waals surface area contributed by atoms with Gasteiger partial charge in [-0.2, -0.15) is 8.78 Å². The van der Waals surface area contributed by atoms with E-state index in [1.807, 2.05) is 36.4 Å². The number of hydrogen-bond donors (Lipinski definition) is 1. The third kappa shape index (κ3) is 4.38. The minimum atomic E-state index is -2.98. The Bertz CT molecular complexity index is 1200. The summed E-state index contributed by atoms with van der Waals surface area (Å²) in [7, 11) is 0. The first kappa shape index (κ1) is 19.8. The average molecular weight is 429 g/mol. The summed E-state index contributed by atoms with van der Waals surface area (Å²) in [6, 6.07) is 18.8. The number of ether oxygens (including phenoxy) is 1. The summed E-state index contributed by atoms with van der Waals surface area (Å²) in [5, 5.41) is 10.9. The lowest BCUT2D eigenvalue weighted by Crippen LogP contribution is -2.12. The topological polar surface area (TPSA) is 69.0 Å². The molecule has 3 aromatic carbocycles. The van der Waals surface area contributed by atoms with E-state index >= 15 is 0 Å². The van der Waals surface area contributed by atoms with Gasteiger partial charge in [-0.1, -0.05) is 41.1 Å². The Hall–Kier alpha value is -3.52. The molecule has 0 radical (unpaired) electrons. The fourth-order valence-corrected chi connectivity index (χ4v) is 3.17. The molecule has 4 rings (SSSR count). The zero-order valence-corrected chi connectivity index (χ0v) is 16.2. The number of hydrogen-bond acceptors (Lipinski definition) is 4. The summed E-state index contributed by atoms with van der Waals surface area (Å²) in [5.74, 6) is -0.513. The maximum Gasteiger partial charge on any atom is 0.387 e. The second kappa shape index (κ2) is 8.46. The molecule has 0 atom stereocenters. The normalized spacial score (nSPS) is 11.1. The molecular weight excluding hydrogens is 414 g/mol. The van der Waals surface area contributed by atoms with E-state index in [2.05, 4.69) is 20.4 Å². The maximum atomic E-state index is 12.5. The van der Waals surface area contributed by atoms with E-state index in [1.165, 1.54) is 18.2 Å². The molecule has 6 nitrogen and oxygen atoms in total. The molecule has 1 aromatic heterocycles. The first-order chi connectivity index (χ1) is 14.5. The summed E-state index contributed by atoms with van der Waals surface area (Å²) in [4.78, 5) is 12.5. The number of aromatic nitrogens is 3. The summed E-state index contributed by atoms with van der Waals surface area (Å²) >= 11 is 5.91.